The summed E-state index contributed by atoms with van der Waals surface area (Å²) in [6.45, 7) is 9.50. The van der Waals surface area contributed by atoms with Crippen molar-refractivity contribution in [2.24, 2.45) is 0 Å². The third kappa shape index (κ3) is 3.55. The fourth-order valence-electron chi connectivity index (χ4n) is 2.08. The first-order valence-electron chi connectivity index (χ1n) is 6.42. The molecule has 96 valence electrons. The molecular weight excluding hydrogens is 210 g/mol. The number of hydrogen-bond acceptors (Lipinski definition) is 2. The monoisotopic (exact) mass is 235 g/mol. The molecule has 0 aromatic heterocycles. The van der Waals surface area contributed by atoms with Gasteiger partial charge in [-0.15, -0.1) is 0 Å². The number of ether oxygens (including phenoxy) is 1. The lowest BCUT2D eigenvalue weighted by Gasteiger charge is -2.34. The molecule has 0 saturated carbocycles. The molecule has 2 nitrogen and oxygen atoms in total. The van der Waals surface area contributed by atoms with Crippen LogP contribution in [0.25, 0.3) is 0 Å². The van der Waals surface area contributed by atoms with E-state index < -0.39 is 0 Å². The number of nitrogens with one attached hydrogen (secondary N) is 1. The van der Waals surface area contributed by atoms with Crippen LogP contribution in [0.4, 0.5) is 0 Å². The molecule has 1 aromatic rings. The molecule has 0 bridgehead atoms. The van der Waals surface area contributed by atoms with E-state index in [4.69, 9.17) is 4.74 Å². The summed E-state index contributed by atoms with van der Waals surface area (Å²) in [5, 5.41) is 3.52. The van der Waals surface area contributed by atoms with Crippen LogP contribution >= 0.6 is 0 Å². The van der Waals surface area contributed by atoms with E-state index in [2.05, 4.69) is 57.3 Å². The first kappa shape index (κ1) is 14.2. The molecule has 0 aliphatic rings. The molecule has 0 saturated heterocycles. The van der Waals surface area contributed by atoms with Gasteiger partial charge in [0.1, 0.15) is 0 Å². The number of rotatable bonds is 6. The summed E-state index contributed by atoms with van der Waals surface area (Å²) in [7, 11) is 1.77. The van der Waals surface area contributed by atoms with Crippen LogP contribution in [0.1, 0.15) is 44.9 Å². The van der Waals surface area contributed by atoms with Crippen LogP contribution < -0.4 is 5.32 Å². The van der Waals surface area contributed by atoms with Crippen molar-refractivity contribution in [3.8, 4) is 0 Å². The molecule has 0 amide bonds. The Morgan fingerprint density at radius 1 is 1.29 bits per heavy atom. The van der Waals surface area contributed by atoms with Gasteiger partial charge in [0.05, 0.1) is 11.6 Å². The molecule has 0 spiro atoms. The van der Waals surface area contributed by atoms with E-state index >= 15 is 0 Å². The van der Waals surface area contributed by atoms with Gasteiger partial charge in [-0.05, 0) is 37.9 Å². The molecule has 1 N–H and O–H groups in total. The quantitative estimate of drug-likeness (QED) is 0.816. The summed E-state index contributed by atoms with van der Waals surface area (Å²) in [4.78, 5) is 0. The van der Waals surface area contributed by atoms with Gasteiger partial charge >= 0.3 is 0 Å². The Balaban J connectivity index is 3.04. The van der Waals surface area contributed by atoms with Crippen LogP contribution in [0.3, 0.4) is 0 Å². The zero-order chi connectivity index (χ0) is 12.9. The highest BCUT2D eigenvalue weighted by Gasteiger charge is 2.29. The lowest BCUT2D eigenvalue weighted by atomic mass is 9.90. The van der Waals surface area contributed by atoms with E-state index in [1.165, 1.54) is 11.1 Å². The Morgan fingerprint density at radius 3 is 2.53 bits per heavy atom. The second kappa shape index (κ2) is 6.18. The highest BCUT2D eigenvalue weighted by molar-refractivity contribution is 5.28. The normalized spacial score (nSPS) is 13.7. The van der Waals surface area contributed by atoms with Gasteiger partial charge in [0.2, 0.25) is 0 Å². The summed E-state index contributed by atoms with van der Waals surface area (Å²) < 4.78 is 5.62. The van der Waals surface area contributed by atoms with Crippen LogP contribution in [0.15, 0.2) is 24.3 Å². The van der Waals surface area contributed by atoms with Crippen LogP contribution in [0.5, 0.6) is 0 Å². The van der Waals surface area contributed by atoms with Crippen molar-refractivity contribution in [1.82, 2.24) is 5.32 Å². The molecule has 1 rings (SSSR count). The summed E-state index contributed by atoms with van der Waals surface area (Å²) in [5.41, 5.74) is 2.47. The third-order valence-electron chi connectivity index (χ3n) is 3.32. The van der Waals surface area contributed by atoms with Gasteiger partial charge in [0.25, 0.3) is 0 Å². The van der Waals surface area contributed by atoms with Crippen molar-refractivity contribution in [3.63, 3.8) is 0 Å². The zero-order valence-electron chi connectivity index (χ0n) is 11.7. The number of methoxy groups -OCH3 is 1. The SMILES string of the molecule is CCNC(c1cccc(CC)c1)C(C)(C)OC. The largest absolute Gasteiger partial charge is 0.377 e. The second-order valence-corrected chi connectivity index (χ2v) is 4.90. The van der Waals surface area contributed by atoms with E-state index in [1.54, 1.807) is 7.11 Å². The number of benzene rings is 1. The fourth-order valence-corrected chi connectivity index (χ4v) is 2.08. The first-order valence-corrected chi connectivity index (χ1v) is 6.42. The molecule has 0 aliphatic heterocycles. The third-order valence-corrected chi connectivity index (χ3v) is 3.32. The predicted molar refractivity (Wildman–Crippen MR) is 73.3 cm³/mol. The summed E-state index contributed by atoms with van der Waals surface area (Å²) in [5.74, 6) is 0. The van der Waals surface area contributed by atoms with E-state index in [0.29, 0.717) is 0 Å². The number of hydrogen-bond donors (Lipinski definition) is 1. The molecule has 1 unspecified atom stereocenters. The van der Waals surface area contributed by atoms with Crippen molar-refractivity contribution in [1.29, 1.82) is 0 Å². The Morgan fingerprint density at radius 2 is 2.00 bits per heavy atom. The maximum absolute atomic E-state index is 5.62. The lowest BCUT2D eigenvalue weighted by molar-refractivity contribution is -0.0107. The van der Waals surface area contributed by atoms with E-state index in [0.717, 1.165) is 13.0 Å². The molecule has 1 aromatic carbocycles. The minimum absolute atomic E-state index is 0.206. The molecule has 2 heteroatoms. The van der Waals surface area contributed by atoms with E-state index in [-0.39, 0.29) is 11.6 Å². The van der Waals surface area contributed by atoms with Crippen molar-refractivity contribution in [2.45, 2.75) is 45.8 Å². The van der Waals surface area contributed by atoms with Gasteiger partial charge in [-0.3, -0.25) is 0 Å². The van der Waals surface area contributed by atoms with Gasteiger partial charge in [-0.2, -0.15) is 0 Å². The Hall–Kier alpha value is -0.860. The maximum atomic E-state index is 5.62. The van der Waals surface area contributed by atoms with E-state index in [9.17, 15) is 0 Å². The number of likely N-dealkylation sites (N-methyl/N-ethyl adjacent to an activating group) is 1. The predicted octanol–water partition coefficient (Wildman–Crippen LogP) is 3.32. The van der Waals surface area contributed by atoms with Crippen LogP contribution in [-0.2, 0) is 11.2 Å². The Bertz CT molecular complexity index is 347. The molecule has 0 heterocycles. The topological polar surface area (TPSA) is 21.3 Å². The van der Waals surface area contributed by atoms with Crippen molar-refractivity contribution in [3.05, 3.63) is 35.4 Å². The van der Waals surface area contributed by atoms with Crippen molar-refractivity contribution in [2.75, 3.05) is 13.7 Å². The van der Waals surface area contributed by atoms with Crippen LogP contribution in [0, 0.1) is 0 Å². The Labute approximate surface area is 105 Å². The molecule has 0 radical (unpaired) electrons. The maximum Gasteiger partial charge on any atom is 0.0816 e. The van der Waals surface area contributed by atoms with Gasteiger partial charge in [-0.25, -0.2) is 0 Å². The molecular formula is C15H25NO. The molecule has 17 heavy (non-hydrogen) atoms. The summed E-state index contributed by atoms with van der Waals surface area (Å²) in [6, 6.07) is 8.97. The standard InChI is InChI=1S/C15H25NO/c1-6-12-9-8-10-13(11-12)14(16-7-2)15(3,4)17-5/h8-11,14,16H,6-7H2,1-5H3. The second-order valence-electron chi connectivity index (χ2n) is 4.90. The smallest absolute Gasteiger partial charge is 0.0816 e. The molecule has 0 aliphatic carbocycles. The highest BCUT2D eigenvalue weighted by Crippen LogP contribution is 2.28. The average Bonchev–Trinajstić information content (AvgIpc) is 2.35. The average molecular weight is 235 g/mol. The first-order chi connectivity index (χ1) is 8.05. The lowest BCUT2D eigenvalue weighted by Crippen LogP contribution is -2.40. The summed E-state index contributed by atoms with van der Waals surface area (Å²) >= 11 is 0. The highest BCUT2D eigenvalue weighted by atomic mass is 16.5. The zero-order valence-corrected chi connectivity index (χ0v) is 11.7. The number of aryl methyl sites for hydroxylation is 1. The van der Waals surface area contributed by atoms with Gasteiger partial charge in [0.15, 0.2) is 0 Å². The van der Waals surface area contributed by atoms with Gasteiger partial charge in [-0.1, -0.05) is 38.1 Å². The minimum Gasteiger partial charge on any atom is -0.377 e. The summed E-state index contributed by atoms with van der Waals surface area (Å²) in [6.07, 6.45) is 1.07. The van der Waals surface area contributed by atoms with Gasteiger partial charge < -0.3 is 10.1 Å². The molecule has 0 fully saturated rings. The van der Waals surface area contributed by atoms with Crippen LogP contribution in [-0.4, -0.2) is 19.3 Å². The molecule has 1 atom stereocenters. The van der Waals surface area contributed by atoms with Crippen LogP contribution in [0.2, 0.25) is 0 Å². The van der Waals surface area contributed by atoms with Crippen molar-refractivity contribution >= 4 is 0 Å². The van der Waals surface area contributed by atoms with Crippen molar-refractivity contribution < 1.29 is 4.74 Å². The Kier molecular flexibility index (Phi) is 5.16. The minimum atomic E-state index is -0.206. The van der Waals surface area contributed by atoms with Gasteiger partial charge in [0, 0.05) is 7.11 Å². The van der Waals surface area contributed by atoms with E-state index in [1.807, 2.05) is 0 Å². The fraction of sp³-hybridized carbons (Fsp3) is 0.600.